The monoisotopic (exact) mass is 286 g/mol. The second kappa shape index (κ2) is 6.76. The maximum absolute atomic E-state index is 11.6. The zero-order valence-electron chi connectivity index (χ0n) is 13.7. The third kappa shape index (κ3) is 7.10. The quantitative estimate of drug-likeness (QED) is 0.833. The summed E-state index contributed by atoms with van der Waals surface area (Å²) in [5.41, 5.74) is -0.514. The number of carbonyl (C=O) groups is 1. The molecule has 0 spiro atoms. The summed E-state index contributed by atoms with van der Waals surface area (Å²) in [6.45, 7) is 13.2. The van der Waals surface area contributed by atoms with Gasteiger partial charge in [0.2, 0.25) is 0 Å². The Morgan fingerprint density at radius 2 is 2.10 bits per heavy atom. The van der Waals surface area contributed by atoms with Crippen LogP contribution in [0.15, 0.2) is 0 Å². The van der Waals surface area contributed by atoms with Crippen molar-refractivity contribution in [3.8, 4) is 0 Å². The second-order valence-electron chi connectivity index (χ2n) is 7.25. The van der Waals surface area contributed by atoms with Crippen molar-refractivity contribution in [2.45, 2.75) is 77.7 Å². The van der Waals surface area contributed by atoms with Gasteiger partial charge in [0.05, 0.1) is 5.60 Å². The molecule has 5 nitrogen and oxygen atoms in total. The van der Waals surface area contributed by atoms with Gasteiger partial charge in [0.15, 0.2) is 0 Å². The molecule has 0 aromatic carbocycles. The van der Waals surface area contributed by atoms with Crippen LogP contribution in [-0.2, 0) is 9.47 Å². The van der Waals surface area contributed by atoms with E-state index in [4.69, 9.17) is 9.47 Å². The number of hydrogen-bond donors (Lipinski definition) is 2. The van der Waals surface area contributed by atoms with Crippen LogP contribution in [-0.4, -0.2) is 42.5 Å². The van der Waals surface area contributed by atoms with E-state index in [0.29, 0.717) is 12.6 Å². The van der Waals surface area contributed by atoms with Gasteiger partial charge in [0, 0.05) is 25.2 Å². The number of ether oxygens (including phenoxy) is 2. The first-order valence-electron chi connectivity index (χ1n) is 7.44. The van der Waals surface area contributed by atoms with Gasteiger partial charge >= 0.3 is 6.09 Å². The molecular formula is C15H30N2O3. The van der Waals surface area contributed by atoms with Crippen LogP contribution >= 0.6 is 0 Å². The molecule has 1 heterocycles. The molecule has 0 bridgehead atoms. The minimum Gasteiger partial charge on any atom is -0.444 e. The van der Waals surface area contributed by atoms with E-state index in [-0.39, 0.29) is 17.7 Å². The highest BCUT2D eigenvalue weighted by Gasteiger charge is 2.29. The van der Waals surface area contributed by atoms with E-state index >= 15 is 0 Å². The van der Waals surface area contributed by atoms with E-state index in [1.165, 1.54) is 0 Å². The third-order valence-corrected chi connectivity index (χ3v) is 3.17. The molecule has 1 saturated heterocycles. The van der Waals surface area contributed by atoms with Gasteiger partial charge in [-0.2, -0.15) is 0 Å². The Labute approximate surface area is 122 Å². The highest BCUT2D eigenvalue weighted by Crippen LogP contribution is 2.24. The van der Waals surface area contributed by atoms with Crippen LogP contribution in [0, 0.1) is 0 Å². The summed E-state index contributed by atoms with van der Waals surface area (Å²) in [5.74, 6) is 0. The van der Waals surface area contributed by atoms with Gasteiger partial charge in [-0.05, 0) is 54.4 Å². The Hall–Kier alpha value is -0.810. The lowest BCUT2D eigenvalue weighted by atomic mass is 9.93. The zero-order valence-corrected chi connectivity index (χ0v) is 13.7. The molecule has 2 unspecified atom stereocenters. The molecule has 1 amide bonds. The van der Waals surface area contributed by atoms with Gasteiger partial charge in [-0.3, -0.25) is 0 Å². The number of amides is 1. The lowest BCUT2D eigenvalue weighted by molar-refractivity contribution is -0.0639. The minimum atomic E-state index is -0.453. The Morgan fingerprint density at radius 3 is 2.65 bits per heavy atom. The van der Waals surface area contributed by atoms with Gasteiger partial charge < -0.3 is 20.1 Å². The molecule has 0 aromatic rings. The van der Waals surface area contributed by atoms with Crippen LogP contribution < -0.4 is 10.6 Å². The molecule has 2 atom stereocenters. The van der Waals surface area contributed by atoms with Crippen molar-refractivity contribution in [1.29, 1.82) is 0 Å². The summed E-state index contributed by atoms with van der Waals surface area (Å²) in [7, 11) is 0. The van der Waals surface area contributed by atoms with Crippen molar-refractivity contribution in [3.05, 3.63) is 0 Å². The molecule has 1 aliphatic rings. The van der Waals surface area contributed by atoms with E-state index in [1.54, 1.807) is 0 Å². The molecule has 2 N–H and O–H groups in total. The lowest BCUT2D eigenvalue weighted by Gasteiger charge is -2.37. The largest absolute Gasteiger partial charge is 0.444 e. The van der Waals surface area contributed by atoms with Gasteiger partial charge in [-0.25, -0.2) is 4.79 Å². The summed E-state index contributed by atoms with van der Waals surface area (Å²) in [6.07, 6.45) is 1.64. The second-order valence-corrected chi connectivity index (χ2v) is 7.25. The topological polar surface area (TPSA) is 59.6 Å². The first-order chi connectivity index (χ1) is 9.07. The molecule has 20 heavy (non-hydrogen) atoms. The fraction of sp³-hybridized carbons (Fsp3) is 0.933. The Morgan fingerprint density at radius 1 is 1.45 bits per heavy atom. The highest BCUT2D eigenvalue weighted by atomic mass is 16.6. The summed E-state index contributed by atoms with van der Waals surface area (Å²) in [5, 5.41) is 6.34. The normalized spacial score (nSPS) is 24.0. The maximum Gasteiger partial charge on any atom is 0.407 e. The first kappa shape index (κ1) is 17.2. The Bertz CT molecular complexity index is 324. The Kier molecular flexibility index (Phi) is 5.83. The SMILES string of the molecule is CC(CNC(=O)OC(C)(C)C)NC1CCOC(C)(C)C1. The fourth-order valence-corrected chi connectivity index (χ4v) is 2.39. The van der Waals surface area contributed by atoms with Gasteiger partial charge in [0.25, 0.3) is 0 Å². The van der Waals surface area contributed by atoms with Gasteiger partial charge in [-0.1, -0.05) is 0 Å². The van der Waals surface area contributed by atoms with Crippen molar-refractivity contribution >= 4 is 6.09 Å². The fourth-order valence-electron chi connectivity index (χ4n) is 2.39. The molecule has 1 fully saturated rings. The number of alkyl carbamates (subject to hydrolysis) is 1. The number of nitrogens with one attached hydrogen (secondary N) is 2. The molecule has 0 saturated carbocycles. The molecule has 118 valence electrons. The van der Waals surface area contributed by atoms with Crippen LogP contribution in [0.3, 0.4) is 0 Å². The van der Waals surface area contributed by atoms with Crippen molar-refractivity contribution < 1.29 is 14.3 Å². The summed E-state index contributed by atoms with van der Waals surface area (Å²) < 4.78 is 10.9. The number of rotatable bonds is 4. The van der Waals surface area contributed by atoms with E-state index in [0.717, 1.165) is 19.4 Å². The minimum absolute atomic E-state index is 0.0613. The average molecular weight is 286 g/mol. The third-order valence-electron chi connectivity index (χ3n) is 3.17. The lowest BCUT2D eigenvalue weighted by Crippen LogP contribution is -2.49. The van der Waals surface area contributed by atoms with Crippen LogP contribution in [0.1, 0.15) is 54.4 Å². The zero-order chi connectivity index (χ0) is 15.4. The predicted molar refractivity (Wildman–Crippen MR) is 79.9 cm³/mol. The van der Waals surface area contributed by atoms with Gasteiger partial charge in [-0.15, -0.1) is 0 Å². The molecule has 5 heteroatoms. The molecule has 0 radical (unpaired) electrons. The molecule has 1 aliphatic heterocycles. The summed E-state index contributed by atoms with van der Waals surface area (Å²) in [6, 6.07) is 0.649. The molecule has 0 aromatic heterocycles. The molecule has 0 aliphatic carbocycles. The van der Waals surface area contributed by atoms with Crippen molar-refractivity contribution in [1.82, 2.24) is 10.6 Å². The number of hydrogen-bond acceptors (Lipinski definition) is 4. The van der Waals surface area contributed by atoms with Crippen molar-refractivity contribution in [2.75, 3.05) is 13.2 Å². The smallest absolute Gasteiger partial charge is 0.407 e. The first-order valence-corrected chi connectivity index (χ1v) is 7.44. The van der Waals surface area contributed by atoms with Gasteiger partial charge in [0.1, 0.15) is 5.60 Å². The predicted octanol–water partition coefficient (Wildman–Crippen LogP) is 2.45. The molecular weight excluding hydrogens is 256 g/mol. The van der Waals surface area contributed by atoms with Crippen molar-refractivity contribution in [2.24, 2.45) is 0 Å². The van der Waals surface area contributed by atoms with Crippen LogP contribution in [0.4, 0.5) is 4.79 Å². The highest BCUT2D eigenvalue weighted by molar-refractivity contribution is 5.67. The van der Waals surface area contributed by atoms with Crippen LogP contribution in [0.5, 0.6) is 0 Å². The van der Waals surface area contributed by atoms with Crippen LogP contribution in [0.25, 0.3) is 0 Å². The standard InChI is InChI=1S/C15H30N2O3/c1-11(10-16-13(18)20-14(2,3)4)17-12-7-8-19-15(5,6)9-12/h11-12,17H,7-10H2,1-6H3,(H,16,18). The number of carbonyl (C=O) groups excluding carboxylic acids is 1. The average Bonchev–Trinajstić information content (AvgIpc) is 2.22. The maximum atomic E-state index is 11.6. The van der Waals surface area contributed by atoms with Crippen LogP contribution in [0.2, 0.25) is 0 Å². The molecule has 1 rings (SSSR count). The van der Waals surface area contributed by atoms with E-state index in [9.17, 15) is 4.79 Å². The summed E-state index contributed by atoms with van der Waals surface area (Å²) >= 11 is 0. The summed E-state index contributed by atoms with van der Waals surface area (Å²) in [4.78, 5) is 11.6. The van der Waals surface area contributed by atoms with Crippen molar-refractivity contribution in [3.63, 3.8) is 0 Å². The van der Waals surface area contributed by atoms with E-state index < -0.39 is 5.60 Å². The van der Waals surface area contributed by atoms with E-state index in [2.05, 4.69) is 31.4 Å². The Balaban J connectivity index is 2.26. The van der Waals surface area contributed by atoms with E-state index in [1.807, 2.05) is 20.8 Å².